The van der Waals surface area contributed by atoms with Crippen LogP contribution in [0.4, 0.5) is 5.69 Å². The van der Waals surface area contributed by atoms with Gasteiger partial charge in [-0.25, -0.2) is 0 Å². The van der Waals surface area contributed by atoms with Gasteiger partial charge in [-0.1, -0.05) is 19.9 Å². The second-order valence-corrected chi connectivity index (χ2v) is 5.63. The van der Waals surface area contributed by atoms with Crippen molar-refractivity contribution in [2.75, 3.05) is 25.0 Å². The number of benzene rings is 1. The van der Waals surface area contributed by atoms with Gasteiger partial charge in [-0.3, -0.25) is 4.79 Å². The Morgan fingerprint density at radius 3 is 3.10 bits per heavy atom. The van der Waals surface area contributed by atoms with E-state index in [-0.39, 0.29) is 12.5 Å². The van der Waals surface area contributed by atoms with Crippen molar-refractivity contribution in [2.45, 2.75) is 33.1 Å². The van der Waals surface area contributed by atoms with Gasteiger partial charge < -0.3 is 15.4 Å². The normalized spacial score (nSPS) is 13.6. The van der Waals surface area contributed by atoms with Gasteiger partial charge in [0.25, 0.3) is 5.91 Å². The Bertz CT molecular complexity index is 458. The van der Waals surface area contributed by atoms with Crippen LogP contribution in [0, 0.1) is 5.92 Å². The van der Waals surface area contributed by atoms with Crippen LogP contribution in [0.1, 0.15) is 32.3 Å². The zero-order valence-corrected chi connectivity index (χ0v) is 12.4. The summed E-state index contributed by atoms with van der Waals surface area (Å²) in [6.07, 6.45) is 3.11. The summed E-state index contributed by atoms with van der Waals surface area (Å²) < 4.78 is 5.67. The first kappa shape index (κ1) is 14.7. The monoisotopic (exact) mass is 276 g/mol. The maximum Gasteiger partial charge on any atom is 0.257 e. The van der Waals surface area contributed by atoms with Gasteiger partial charge in [-0.15, -0.1) is 0 Å². The zero-order valence-electron chi connectivity index (χ0n) is 12.4. The van der Waals surface area contributed by atoms with Crippen molar-refractivity contribution in [1.29, 1.82) is 0 Å². The Labute approximate surface area is 120 Å². The van der Waals surface area contributed by atoms with E-state index in [0.717, 1.165) is 37.2 Å². The van der Waals surface area contributed by atoms with Gasteiger partial charge in [0, 0.05) is 24.3 Å². The molecule has 4 nitrogen and oxygen atoms in total. The van der Waals surface area contributed by atoms with Gasteiger partial charge >= 0.3 is 0 Å². The summed E-state index contributed by atoms with van der Waals surface area (Å²) in [6, 6.07) is 5.96. The smallest absolute Gasteiger partial charge is 0.257 e. The fraction of sp³-hybridized carbons (Fsp3) is 0.562. The predicted octanol–water partition coefficient (Wildman–Crippen LogP) is 2.59. The van der Waals surface area contributed by atoms with E-state index in [2.05, 4.69) is 30.5 Å². The molecule has 20 heavy (non-hydrogen) atoms. The lowest BCUT2D eigenvalue weighted by Gasteiger charge is -2.20. The molecule has 0 aromatic heterocycles. The molecule has 0 fully saturated rings. The van der Waals surface area contributed by atoms with Gasteiger partial charge in [0.1, 0.15) is 5.75 Å². The molecule has 1 aliphatic heterocycles. The van der Waals surface area contributed by atoms with Crippen molar-refractivity contribution in [3.05, 3.63) is 23.8 Å². The maximum absolute atomic E-state index is 11.7. The highest BCUT2D eigenvalue weighted by molar-refractivity contribution is 5.77. The van der Waals surface area contributed by atoms with Crippen molar-refractivity contribution in [3.8, 4) is 5.75 Å². The minimum absolute atomic E-state index is 0.0491. The van der Waals surface area contributed by atoms with Crippen LogP contribution in [0.3, 0.4) is 0 Å². The summed E-state index contributed by atoms with van der Waals surface area (Å²) in [5.74, 6) is 1.38. The average molecular weight is 276 g/mol. The van der Waals surface area contributed by atoms with Gasteiger partial charge in [0.05, 0.1) is 0 Å². The molecule has 1 amide bonds. The molecule has 4 heteroatoms. The molecular formula is C16H24N2O2. The molecule has 0 saturated heterocycles. The lowest BCUT2D eigenvalue weighted by atomic mass is 10.0. The van der Waals surface area contributed by atoms with Crippen LogP contribution in [0.15, 0.2) is 18.2 Å². The first-order chi connectivity index (χ1) is 9.66. The average Bonchev–Trinajstić information content (AvgIpc) is 2.44. The van der Waals surface area contributed by atoms with Crippen LogP contribution >= 0.6 is 0 Å². The predicted molar refractivity (Wildman–Crippen MR) is 81.2 cm³/mol. The summed E-state index contributed by atoms with van der Waals surface area (Å²) in [5, 5.41) is 6.24. The minimum Gasteiger partial charge on any atom is -0.483 e. The van der Waals surface area contributed by atoms with Gasteiger partial charge in [0.15, 0.2) is 6.61 Å². The number of nitrogens with one attached hydrogen (secondary N) is 2. The molecule has 1 aromatic rings. The number of anilines is 1. The Kier molecular flexibility index (Phi) is 5.27. The number of carbonyl (C=O) groups excluding carboxylic acids is 1. The van der Waals surface area contributed by atoms with Crippen LogP contribution in [0.5, 0.6) is 5.75 Å². The summed E-state index contributed by atoms with van der Waals surface area (Å²) in [5.41, 5.74) is 2.32. The quantitative estimate of drug-likeness (QED) is 0.839. The summed E-state index contributed by atoms with van der Waals surface area (Å²) in [4.78, 5) is 11.7. The molecule has 1 heterocycles. The van der Waals surface area contributed by atoms with Crippen molar-refractivity contribution in [1.82, 2.24) is 5.32 Å². The minimum atomic E-state index is -0.0491. The number of fused-ring (bicyclic) bond motifs is 1. The lowest BCUT2D eigenvalue weighted by molar-refractivity contribution is -0.123. The largest absolute Gasteiger partial charge is 0.483 e. The number of amides is 1. The zero-order chi connectivity index (χ0) is 14.4. The number of rotatable bonds is 6. The molecule has 0 radical (unpaired) electrons. The van der Waals surface area contributed by atoms with E-state index in [9.17, 15) is 4.79 Å². The number of hydrogen-bond donors (Lipinski definition) is 2. The highest BCUT2D eigenvalue weighted by atomic mass is 16.5. The molecule has 0 aliphatic carbocycles. The van der Waals surface area contributed by atoms with Crippen molar-refractivity contribution >= 4 is 11.6 Å². The standard InChI is InChI=1S/C16H24N2O2/c1-12(2)8-10-18-16(19)11-20-15-7-3-6-14-13(15)5-4-9-17-14/h3,6-7,12,17H,4-5,8-11H2,1-2H3,(H,18,19). The van der Waals surface area contributed by atoms with Crippen LogP contribution in [0.25, 0.3) is 0 Å². The van der Waals surface area contributed by atoms with Gasteiger partial charge in [-0.2, -0.15) is 0 Å². The Balaban J connectivity index is 1.83. The number of carbonyl (C=O) groups is 1. The fourth-order valence-electron chi connectivity index (χ4n) is 2.31. The molecule has 0 atom stereocenters. The molecule has 1 aromatic carbocycles. The Hall–Kier alpha value is -1.71. The molecular weight excluding hydrogens is 252 g/mol. The van der Waals surface area contributed by atoms with E-state index in [0.29, 0.717) is 12.5 Å². The second kappa shape index (κ2) is 7.17. The van der Waals surface area contributed by atoms with Crippen LogP contribution in [-0.4, -0.2) is 25.6 Å². The van der Waals surface area contributed by atoms with Crippen molar-refractivity contribution in [2.24, 2.45) is 5.92 Å². The third-order valence-corrected chi connectivity index (χ3v) is 3.45. The highest BCUT2D eigenvalue weighted by Gasteiger charge is 2.14. The molecule has 2 rings (SSSR count). The molecule has 1 aliphatic rings. The summed E-state index contributed by atoms with van der Waals surface area (Å²) >= 11 is 0. The highest BCUT2D eigenvalue weighted by Crippen LogP contribution is 2.30. The first-order valence-electron chi connectivity index (χ1n) is 7.42. The SMILES string of the molecule is CC(C)CCNC(=O)COc1cccc2c1CCCN2. The summed E-state index contributed by atoms with van der Waals surface area (Å²) in [7, 11) is 0. The molecule has 0 bridgehead atoms. The van der Waals surface area contributed by atoms with E-state index in [1.807, 2.05) is 12.1 Å². The molecule has 110 valence electrons. The molecule has 0 unspecified atom stereocenters. The Morgan fingerprint density at radius 2 is 2.30 bits per heavy atom. The first-order valence-corrected chi connectivity index (χ1v) is 7.42. The van der Waals surface area contributed by atoms with Gasteiger partial charge in [-0.05, 0) is 37.3 Å². The van der Waals surface area contributed by atoms with E-state index >= 15 is 0 Å². The summed E-state index contributed by atoms with van der Waals surface area (Å²) in [6.45, 7) is 6.10. The second-order valence-electron chi connectivity index (χ2n) is 5.63. The van der Waals surface area contributed by atoms with Crippen molar-refractivity contribution < 1.29 is 9.53 Å². The van der Waals surface area contributed by atoms with E-state index < -0.39 is 0 Å². The number of hydrogen-bond acceptors (Lipinski definition) is 3. The maximum atomic E-state index is 11.7. The topological polar surface area (TPSA) is 50.4 Å². The molecule has 0 saturated carbocycles. The van der Waals surface area contributed by atoms with E-state index in [1.54, 1.807) is 0 Å². The third-order valence-electron chi connectivity index (χ3n) is 3.45. The van der Waals surface area contributed by atoms with Crippen molar-refractivity contribution in [3.63, 3.8) is 0 Å². The van der Waals surface area contributed by atoms with Gasteiger partial charge in [0.2, 0.25) is 0 Å². The van der Waals surface area contributed by atoms with Crippen LogP contribution < -0.4 is 15.4 Å². The fourth-order valence-corrected chi connectivity index (χ4v) is 2.31. The molecule has 2 N–H and O–H groups in total. The number of ether oxygens (including phenoxy) is 1. The Morgan fingerprint density at radius 1 is 1.45 bits per heavy atom. The van der Waals surface area contributed by atoms with Crippen LogP contribution in [-0.2, 0) is 11.2 Å². The van der Waals surface area contributed by atoms with E-state index in [4.69, 9.17) is 4.74 Å². The third kappa shape index (κ3) is 4.15. The molecule has 0 spiro atoms. The van der Waals surface area contributed by atoms with Crippen LogP contribution in [0.2, 0.25) is 0 Å². The lowest BCUT2D eigenvalue weighted by Crippen LogP contribution is -2.30. The van der Waals surface area contributed by atoms with E-state index in [1.165, 1.54) is 5.56 Å².